The molecule has 1 amide bonds. The predicted molar refractivity (Wildman–Crippen MR) is 87.1 cm³/mol. The first-order chi connectivity index (χ1) is 12.0. The van der Waals surface area contributed by atoms with E-state index in [1.165, 1.54) is 12.3 Å². The lowest BCUT2D eigenvalue weighted by atomic mass is 10.1. The number of likely N-dealkylation sites (tertiary alicyclic amines) is 1. The number of nitriles is 1. The highest BCUT2D eigenvalue weighted by molar-refractivity contribution is 5.95. The van der Waals surface area contributed by atoms with Crippen LogP contribution >= 0.6 is 0 Å². The lowest BCUT2D eigenvalue weighted by molar-refractivity contribution is -0.385. The molecular weight excluding hydrogens is 324 g/mol. The lowest BCUT2D eigenvalue weighted by Gasteiger charge is -2.38. The SMILES string of the molecule is Cc1ccc(C(=O)N2CC(Oc3ccc(C#N)cn3)C2)cc1[N+](=O)[O-]. The average molecular weight is 338 g/mol. The molecule has 0 bridgehead atoms. The Bertz CT molecular complexity index is 867. The summed E-state index contributed by atoms with van der Waals surface area (Å²) in [5.41, 5.74) is 1.17. The fraction of sp³-hybridized carbons (Fsp3) is 0.235. The first kappa shape index (κ1) is 16.4. The third-order valence-electron chi connectivity index (χ3n) is 3.94. The van der Waals surface area contributed by atoms with Crippen LogP contribution in [0, 0.1) is 28.4 Å². The zero-order valence-electron chi connectivity index (χ0n) is 13.4. The van der Waals surface area contributed by atoms with Crippen LogP contribution in [0.4, 0.5) is 5.69 Å². The maximum atomic E-state index is 12.4. The number of benzene rings is 1. The number of aryl methyl sites for hydroxylation is 1. The molecule has 1 aliphatic heterocycles. The van der Waals surface area contributed by atoms with Crippen molar-refractivity contribution in [1.29, 1.82) is 5.26 Å². The van der Waals surface area contributed by atoms with Crippen LogP contribution in [0.1, 0.15) is 21.5 Å². The Labute approximate surface area is 143 Å². The predicted octanol–water partition coefficient (Wildman–Crippen LogP) is 2.07. The van der Waals surface area contributed by atoms with Gasteiger partial charge in [-0.15, -0.1) is 0 Å². The van der Waals surface area contributed by atoms with Crippen LogP contribution in [0.3, 0.4) is 0 Å². The molecule has 2 heterocycles. The molecule has 0 saturated carbocycles. The molecule has 126 valence electrons. The van der Waals surface area contributed by atoms with E-state index in [4.69, 9.17) is 10.00 Å². The van der Waals surface area contributed by atoms with Crippen LogP contribution in [-0.4, -0.2) is 39.9 Å². The van der Waals surface area contributed by atoms with Crippen LogP contribution < -0.4 is 4.74 Å². The molecule has 0 unspecified atom stereocenters. The van der Waals surface area contributed by atoms with Gasteiger partial charge in [0, 0.05) is 29.5 Å². The van der Waals surface area contributed by atoms with Crippen molar-refractivity contribution in [3.63, 3.8) is 0 Å². The molecule has 0 spiro atoms. The monoisotopic (exact) mass is 338 g/mol. The minimum atomic E-state index is -0.495. The summed E-state index contributed by atoms with van der Waals surface area (Å²) in [4.78, 5) is 28.5. The smallest absolute Gasteiger partial charge is 0.273 e. The molecule has 8 nitrogen and oxygen atoms in total. The van der Waals surface area contributed by atoms with Gasteiger partial charge in [-0.1, -0.05) is 6.07 Å². The number of hydrogen-bond donors (Lipinski definition) is 0. The number of aromatic nitrogens is 1. The topological polar surface area (TPSA) is 109 Å². The van der Waals surface area contributed by atoms with E-state index in [1.54, 1.807) is 36.1 Å². The van der Waals surface area contributed by atoms with Crippen molar-refractivity contribution < 1.29 is 14.5 Å². The van der Waals surface area contributed by atoms with E-state index in [0.29, 0.717) is 30.1 Å². The first-order valence-electron chi connectivity index (χ1n) is 7.55. The van der Waals surface area contributed by atoms with E-state index >= 15 is 0 Å². The fourth-order valence-corrected chi connectivity index (χ4v) is 2.49. The van der Waals surface area contributed by atoms with Crippen molar-refractivity contribution in [3.05, 3.63) is 63.3 Å². The zero-order chi connectivity index (χ0) is 18.0. The van der Waals surface area contributed by atoms with E-state index in [2.05, 4.69) is 4.98 Å². The molecule has 1 aromatic carbocycles. The summed E-state index contributed by atoms with van der Waals surface area (Å²) < 4.78 is 5.62. The number of rotatable bonds is 4. The van der Waals surface area contributed by atoms with E-state index in [-0.39, 0.29) is 23.3 Å². The Kier molecular flexibility index (Phi) is 4.31. The number of nitrogens with zero attached hydrogens (tertiary/aromatic N) is 4. The second-order valence-corrected chi connectivity index (χ2v) is 5.71. The zero-order valence-corrected chi connectivity index (χ0v) is 13.4. The molecule has 1 aliphatic rings. The molecular formula is C17H14N4O4. The van der Waals surface area contributed by atoms with Crippen LogP contribution in [0.15, 0.2) is 36.5 Å². The van der Waals surface area contributed by atoms with E-state index < -0.39 is 4.92 Å². The number of ether oxygens (including phenoxy) is 1. The number of nitro groups is 1. The van der Waals surface area contributed by atoms with Gasteiger partial charge in [-0.25, -0.2) is 4.98 Å². The van der Waals surface area contributed by atoms with Crippen molar-refractivity contribution in [3.8, 4) is 11.9 Å². The van der Waals surface area contributed by atoms with Crippen LogP contribution in [0.25, 0.3) is 0 Å². The minimum Gasteiger partial charge on any atom is -0.471 e. The summed E-state index contributed by atoms with van der Waals surface area (Å²) in [6.07, 6.45) is 1.23. The lowest BCUT2D eigenvalue weighted by Crippen LogP contribution is -2.56. The molecule has 0 aliphatic carbocycles. The van der Waals surface area contributed by atoms with Crippen molar-refractivity contribution in [2.75, 3.05) is 13.1 Å². The summed E-state index contributed by atoms with van der Waals surface area (Å²) in [6.45, 7) is 2.38. The second kappa shape index (κ2) is 6.57. The summed E-state index contributed by atoms with van der Waals surface area (Å²) in [7, 11) is 0. The Morgan fingerprint density at radius 2 is 2.16 bits per heavy atom. The van der Waals surface area contributed by atoms with Gasteiger partial charge in [0.25, 0.3) is 11.6 Å². The molecule has 1 fully saturated rings. The molecule has 0 radical (unpaired) electrons. The fourth-order valence-electron chi connectivity index (χ4n) is 2.49. The van der Waals surface area contributed by atoms with Crippen molar-refractivity contribution in [1.82, 2.24) is 9.88 Å². The second-order valence-electron chi connectivity index (χ2n) is 5.71. The molecule has 3 rings (SSSR count). The summed E-state index contributed by atoms with van der Waals surface area (Å²) in [6, 6.07) is 9.64. The number of hydrogen-bond acceptors (Lipinski definition) is 6. The Morgan fingerprint density at radius 1 is 1.40 bits per heavy atom. The van der Waals surface area contributed by atoms with E-state index in [9.17, 15) is 14.9 Å². The highest BCUT2D eigenvalue weighted by atomic mass is 16.6. The molecule has 2 aromatic rings. The number of carbonyl (C=O) groups is 1. The van der Waals surface area contributed by atoms with Gasteiger partial charge in [0.05, 0.1) is 23.6 Å². The van der Waals surface area contributed by atoms with Gasteiger partial charge in [0.15, 0.2) is 0 Å². The maximum absolute atomic E-state index is 12.4. The van der Waals surface area contributed by atoms with Crippen molar-refractivity contribution >= 4 is 11.6 Å². The van der Waals surface area contributed by atoms with Crippen molar-refractivity contribution in [2.24, 2.45) is 0 Å². The van der Waals surface area contributed by atoms with Crippen LogP contribution in [-0.2, 0) is 0 Å². The van der Waals surface area contributed by atoms with Gasteiger partial charge in [-0.3, -0.25) is 14.9 Å². The summed E-state index contributed by atoms with van der Waals surface area (Å²) in [5, 5.41) is 19.7. The molecule has 1 saturated heterocycles. The van der Waals surface area contributed by atoms with Gasteiger partial charge in [0.1, 0.15) is 12.2 Å². The number of carbonyl (C=O) groups excluding carboxylic acids is 1. The Morgan fingerprint density at radius 3 is 2.76 bits per heavy atom. The largest absolute Gasteiger partial charge is 0.471 e. The highest BCUT2D eigenvalue weighted by Gasteiger charge is 2.33. The van der Waals surface area contributed by atoms with Gasteiger partial charge < -0.3 is 9.64 Å². The quantitative estimate of drug-likeness (QED) is 0.623. The third-order valence-corrected chi connectivity index (χ3v) is 3.94. The van der Waals surface area contributed by atoms with Crippen LogP contribution in [0.2, 0.25) is 0 Å². The maximum Gasteiger partial charge on any atom is 0.273 e. The van der Waals surface area contributed by atoms with E-state index in [0.717, 1.165) is 0 Å². The van der Waals surface area contributed by atoms with E-state index in [1.807, 2.05) is 6.07 Å². The molecule has 1 aromatic heterocycles. The number of nitro benzene ring substituents is 1. The van der Waals surface area contributed by atoms with Gasteiger partial charge in [0.2, 0.25) is 5.88 Å². The summed E-state index contributed by atoms with van der Waals surface area (Å²) in [5.74, 6) is 0.123. The first-order valence-corrected chi connectivity index (χ1v) is 7.55. The molecule has 25 heavy (non-hydrogen) atoms. The van der Waals surface area contributed by atoms with Gasteiger partial charge in [-0.05, 0) is 19.1 Å². The molecule has 0 atom stereocenters. The highest BCUT2D eigenvalue weighted by Crippen LogP contribution is 2.23. The standard InChI is InChI=1S/C17H14N4O4/c1-11-2-4-13(6-15(11)21(23)24)17(22)20-9-14(10-20)25-16-5-3-12(7-18)8-19-16/h2-6,8,14H,9-10H2,1H3. The third kappa shape index (κ3) is 3.40. The average Bonchev–Trinajstić information content (AvgIpc) is 2.58. The van der Waals surface area contributed by atoms with Gasteiger partial charge in [-0.2, -0.15) is 5.26 Å². The van der Waals surface area contributed by atoms with Gasteiger partial charge >= 0.3 is 0 Å². The Hall–Kier alpha value is -3.47. The van der Waals surface area contributed by atoms with Crippen LogP contribution in [0.5, 0.6) is 5.88 Å². The minimum absolute atomic E-state index is 0.0686. The summed E-state index contributed by atoms with van der Waals surface area (Å²) >= 11 is 0. The normalized spacial score (nSPS) is 13.7. The number of pyridine rings is 1. The Balaban J connectivity index is 1.60. The molecule has 0 N–H and O–H groups in total. The number of amides is 1. The van der Waals surface area contributed by atoms with Crippen molar-refractivity contribution in [2.45, 2.75) is 13.0 Å². The molecule has 8 heteroatoms.